The Kier molecular flexibility index (Phi) is 6.22. The summed E-state index contributed by atoms with van der Waals surface area (Å²) >= 11 is 0. The highest BCUT2D eigenvalue weighted by Crippen LogP contribution is 1.85. The van der Waals surface area contributed by atoms with Crippen LogP contribution in [0.5, 0.6) is 0 Å². The number of carbonyl (C=O) groups excluding carboxylic acids is 1. The number of likely N-dealkylation sites (N-methyl/N-ethyl adjacent to an activating group) is 1. The van der Waals surface area contributed by atoms with Crippen molar-refractivity contribution in [2.45, 2.75) is 0 Å². The number of hydrogen-bond donors (Lipinski definition) is 2. The molecule has 0 fully saturated rings. The van der Waals surface area contributed by atoms with Crippen LogP contribution in [0.25, 0.3) is 0 Å². The molecule has 0 aliphatic rings. The molecule has 0 aromatic carbocycles. The van der Waals surface area contributed by atoms with Gasteiger partial charge < -0.3 is 27.9 Å². The van der Waals surface area contributed by atoms with E-state index in [0.29, 0.717) is 6.54 Å². The van der Waals surface area contributed by atoms with Crippen molar-refractivity contribution in [3.8, 4) is 0 Å². The van der Waals surface area contributed by atoms with E-state index >= 15 is 0 Å². The molecule has 0 aliphatic carbocycles. The van der Waals surface area contributed by atoms with Crippen LogP contribution in [0.1, 0.15) is 0 Å². The maximum absolute atomic E-state index is 10.2. The lowest BCUT2D eigenvalue weighted by molar-refractivity contribution is -0.869. The number of urea groups is 1. The van der Waals surface area contributed by atoms with E-state index in [1.54, 1.807) is 0 Å². The van der Waals surface area contributed by atoms with Crippen LogP contribution in [0, 0.1) is 0 Å². The highest BCUT2D eigenvalue weighted by molar-refractivity contribution is 5.71. The van der Waals surface area contributed by atoms with Crippen LogP contribution >= 0.6 is 0 Å². The lowest BCUT2D eigenvalue weighted by Gasteiger charge is -2.23. The van der Waals surface area contributed by atoms with Gasteiger partial charge in [-0.3, -0.25) is 0 Å². The molecule has 0 spiro atoms. The fourth-order valence-electron chi connectivity index (χ4n) is 0.515. The Hall–Kier alpha value is -0.480. The highest BCUT2D eigenvalue weighted by Gasteiger charge is 2.05. The quantitative estimate of drug-likeness (QED) is 0.434. The molecule has 0 aromatic heterocycles. The molecule has 0 rings (SSSR count). The van der Waals surface area contributed by atoms with Gasteiger partial charge in [0.05, 0.1) is 34.2 Å². The van der Waals surface area contributed by atoms with Crippen LogP contribution in [0.2, 0.25) is 0 Å². The third-order valence-electron chi connectivity index (χ3n) is 1.08. The number of primary amides is 1. The lowest BCUT2D eigenvalue weighted by atomic mass is 10.5. The molecule has 0 bridgehead atoms. The number of amides is 2. The zero-order chi connectivity index (χ0) is 8.20. The first-order chi connectivity index (χ1) is 4.42. The molecular formula is C6H16ClN3O. The summed E-state index contributed by atoms with van der Waals surface area (Å²) in [5, 5.41) is 2.53. The van der Waals surface area contributed by atoms with Gasteiger partial charge in [-0.1, -0.05) is 0 Å². The van der Waals surface area contributed by atoms with Crippen molar-refractivity contribution < 1.29 is 21.7 Å². The number of nitrogens with one attached hydrogen (secondary N) is 1. The summed E-state index contributed by atoms with van der Waals surface area (Å²) in [6.45, 7) is 1.53. The van der Waals surface area contributed by atoms with Crippen LogP contribution in [-0.4, -0.2) is 44.7 Å². The molecule has 68 valence electrons. The molecule has 0 aromatic rings. The first-order valence-electron chi connectivity index (χ1n) is 3.25. The summed E-state index contributed by atoms with van der Waals surface area (Å²) in [6.07, 6.45) is 0. The predicted molar refractivity (Wildman–Crippen MR) is 40.5 cm³/mol. The maximum Gasteiger partial charge on any atom is 0.312 e. The largest absolute Gasteiger partial charge is 1.00 e. The second kappa shape index (κ2) is 5.21. The van der Waals surface area contributed by atoms with Crippen molar-refractivity contribution in [1.29, 1.82) is 0 Å². The monoisotopic (exact) mass is 181 g/mol. The molecule has 5 heteroatoms. The van der Waals surface area contributed by atoms with Crippen molar-refractivity contribution >= 4 is 6.03 Å². The number of carbonyl (C=O) groups is 1. The Morgan fingerprint density at radius 3 is 2.18 bits per heavy atom. The summed E-state index contributed by atoms with van der Waals surface area (Å²) < 4.78 is 0.834. The molecule has 0 unspecified atom stereocenters. The van der Waals surface area contributed by atoms with E-state index in [-0.39, 0.29) is 12.4 Å². The van der Waals surface area contributed by atoms with Gasteiger partial charge in [-0.25, -0.2) is 4.79 Å². The normalized spacial score (nSPS) is 10.1. The Bertz CT molecular complexity index is 121. The van der Waals surface area contributed by atoms with Gasteiger partial charge in [-0.15, -0.1) is 0 Å². The number of nitrogens with zero attached hydrogens (tertiary/aromatic N) is 1. The van der Waals surface area contributed by atoms with E-state index in [4.69, 9.17) is 5.73 Å². The van der Waals surface area contributed by atoms with Crippen molar-refractivity contribution in [2.75, 3.05) is 34.2 Å². The molecule has 0 saturated carbocycles. The van der Waals surface area contributed by atoms with Crippen molar-refractivity contribution in [3.63, 3.8) is 0 Å². The fourth-order valence-corrected chi connectivity index (χ4v) is 0.515. The van der Waals surface area contributed by atoms with E-state index in [1.165, 1.54) is 0 Å². The maximum atomic E-state index is 10.2. The molecule has 0 radical (unpaired) electrons. The van der Waals surface area contributed by atoms with Gasteiger partial charge >= 0.3 is 6.03 Å². The highest BCUT2D eigenvalue weighted by atomic mass is 35.5. The Labute approximate surface area is 73.7 Å². The second-order valence-corrected chi connectivity index (χ2v) is 3.30. The zero-order valence-electron chi connectivity index (χ0n) is 7.22. The van der Waals surface area contributed by atoms with Crippen LogP contribution in [0.3, 0.4) is 0 Å². The van der Waals surface area contributed by atoms with E-state index < -0.39 is 6.03 Å². The van der Waals surface area contributed by atoms with E-state index in [2.05, 4.69) is 26.5 Å². The van der Waals surface area contributed by atoms with Gasteiger partial charge in [0.15, 0.2) is 0 Å². The number of nitrogens with two attached hydrogens (primary N) is 1. The molecule has 3 N–H and O–H groups in total. The number of hydrogen-bond acceptors (Lipinski definition) is 1. The van der Waals surface area contributed by atoms with Gasteiger partial charge in [-0.2, -0.15) is 0 Å². The molecule has 11 heavy (non-hydrogen) atoms. The van der Waals surface area contributed by atoms with Gasteiger partial charge in [0.25, 0.3) is 0 Å². The number of halogens is 1. The SMILES string of the molecule is C[N+](C)(C)CCNC(N)=O.[Cl-]. The third kappa shape index (κ3) is 12.7. The summed E-state index contributed by atoms with van der Waals surface area (Å²) in [7, 11) is 6.17. The van der Waals surface area contributed by atoms with Crippen molar-refractivity contribution in [2.24, 2.45) is 5.73 Å². The summed E-state index contributed by atoms with van der Waals surface area (Å²) in [5.41, 5.74) is 4.86. The van der Waals surface area contributed by atoms with E-state index in [1.807, 2.05) is 0 Å². The molecule has 0 heterocycles. The molecule has 4 nitrogen and oxygen atoms in total. The van der Waals surface area contributed by atoms with Crippen LogP contribution in [-0.2, 0) is 0 Å². The minimum absolute atomic E-state index is 0. The average Bonchev–Trinajstić information content (AvgIpc) is 1.59. The average molecular weight is 182 g/mol. The first-order valence-corrected chi connectivity index (χ1v) is 3.25. The minimum atomic E-state index is -0.451. The Morgan fingerprint density at radius 2 is 1.91 bits per heavy atom. The van der Waals surface area contributed by atoms with Gasteiger partial charge in [0, 0.05) is 0 Å². The van der Waals surface area contributed by atoms with Gasteiger partial charge in [-0.05, 0) is 0 Å². The van der Waals surface area contributed by atoms with Crippen LogP contribution in [0.4, 0.5) is 4.79 Å². The smallest absolute Gasteiger partial charge is 0.312 e. The molecule has 0 aliphatic heterocycles. The summed E-state index contributed by atoms with van der Waals surface area (Å²) in [6, 6.07) is -0.451. The Morgan fingerprint density at radius 1 is 1.45 bits per heavy atom. The number of rotatable bonds is 3. The Balaban J connectivity index is 0. The molecule has 2 amide bonds. The molecular weight excluding hydrogens is 166 g/mol. The zero-order valence-corrected chi connectivity index (χ0v) is 7.98. The fraction of sp³-hybridized carbons (Fsp3) is 0.833. The topological polar surface area (TPSA) is 55.1 Å². The van der Waals surface area contributed by atoms with Crippen LogP contribution in [0.15, 0.2) is 0 Å². The third-order valence-corrected chi connectivity index (χ3v) is 1.08. The van der Waals surface area contributed by atoms with Gasteiger partial charge in [0.1, 0.15) is 0 Å². The van der Waals surface area contributed by atoms with E-state index in [9.17, 15) is 4.79 Å². The molecule has 0 atom stereocenters. The second-order valence-electron chi connectivity index (χ2n) is 3.30. The van der Waals surface area contributed by atoms with Gasteiger partial charge in [0.2, 0.25) is 0 Å². The van der Waals surface area contributed by atoms with Crippen molar-refractivity contribution in [1.82, 2.24) is 5.32 Å². The number of quaternary nitrogens is 1. The van der Waals surface area contributed by atoms with E-state index in [0.717, 1.165) is 11.0 Å². The minimum Gasteiger partial charge on any atom is -1.00 e. The summed E-state index contributed by atoms with van der Waals surface area (Å²) in [4.78, 5) is 10.2. The summed E-state index contributed by atoms with van der Waals surface area (Å²) in [5.74, 6) is 0. The van der Waals surface area contributed by atoms with Crippen molar-refractivity contribution in [3.05, 3.63) is 0 Å². The lowest BCUT2D eigenvalue weighted by Crippen LogP contribution is -3.00. The van der Waals surface area contributed by atoms with Crippen LogP contribution < -0.4 is 23.5 Å². The molecule has 0 saturated heterocycles. The standard InChI is InChI=1S/C6H15N3O.ClH/c1-9(2,3)5-4-8-6(7)10;/h4-5H2,1-3H3,(H2-,7,8,10);1H. The first kappa shape index (κ1) is 13.1. The predicted octanol–water partition coefficient (Wildman–Crippen LogP) is -3.64.